The van der Waals surface area contributed by atoms with Gasteiger partial charge in [-0.3, -0.25) is 0 Å². The van der Waals surface area contributed by atoms with Crippen LogP contribution in [-0.4, -0.2) is 31.6 Å². The van der Waals surface area contributed by atoms with Crippen molar-refractivity contribution in [2.75, 3.05) is 0 Å². The summed E-state index contributed by atoms with van der Waals surface area (Å²) in [6.07, 6.45) is 0. The molecule has 0 saturated carbocycles. The van der Waals surface area contributed by atoms with Gasteiger partial charge in [0.2, 0.25) is 0 Å². The van der Waals surface area contributed by atoms with E-state index in [0.717, 1.165) is 50.6 Å². The van der Waals surface area contributed by atoms with Crippen LogP contribution in [-0.2, 0) is 0 Å². The van der Waals surface area contributed by atoms with Crippen LogP contribution in [0.2, 0.25) is 0 Å². The lowest BCUT2D eigenvalue weighted by Gasteiger charge is -2.10. The Morgan fingerprint density at radius 1 is 0.136 bits per heavy atom. The second-order valence-corrected chi connectivity index (χ2v) is 28.3. The molecule has 0 unspecified atom stereocenters. The summed E-state index contributed by atoms with van der Waals surface area (Å²) in [6, 6.07) is 125. The summed E-state index contributed by atoms with van der Waals surface area (Å²) < 4.78 is 17.6. The van der Waals surface area contributed by atoms with Gasteiger partial charge in [-0.15, -0.1) is 0 Å². The van der Waals surface area contributed by atoms with E-state index in [4.69, 9.17) is 0 Å². The molecule has 9 heterocycles. The summed E-state index contributed by atoms with van der Waals surface area (Å²) in [7, 11) is 0. The number of hydrogen-bond donors (Lipinski definition) is 0. The predicted molar refractivity (Wildman–Crippen MR) is 433 cm³/mol. The van der Waals surface area contributed by atoms with Gasteiger partial charge >= 0.3 is 0 Å². The highest BCUT2D eigenvalue weighted by atomic mass is 15.0. The molecule has 7 heteroatoms. The lowest BCUT2D eigenvalue weighted by Crippen LogP contribution is -1.94. The molecule has 0 aliphatic carbocycles. The van der Waals surface area contributed by atoms with E-state index in [-0.39, 0.29) is 0 Å². The molecule has 0 spiro atoms. The molecular weight excluding hydrogens is 1250 g/mol. The van der Waals surface area contributed by atoms with Crippen LogP contribution < -0.4 is 0 Å². The van der Waals surface area contributed by atoms with Gasteiger partial charge in [0, 0.05) is 125 Å². The van der Waals surface area contributed by atoms with Crippen molar-refractivity contribution in [3.05, 3.63) is 334 Å². The van der Waals surface area contributed by atoms with Crippen molar-refractivity contribution in [3.63, 3.8) is 0 Å². The summed E-state index contributed by atoms with van der Waals surface area (Å²) in [5.74, 6) is 0. The Morgan fingerprint density at radius 2 is 0.447 bits per heavy atom. The maximum Gasteiger partial charge on any atom is 0.0628 e. The molecule has 7 nitrogen and oxygen atoms in total. The topological polar surface area (TPSA) is 33.5 Å². The fourth-order valence-corrected chi connectivity index (χ4v) is 19.1. The number of para-hydroxylation sites is 9. The Hall–Kier alpha value is -13.9. The molecule has 0 bridgehead atoms. The van der Waals surface area contributed by atoms with Crippen molar-refractivity contribution in [2.45, 2.75) is 0 Å². The Kier molecular flexibility index (Phi) is 10.2. The number of benzene rings is 16. The number of fused-ring (bicyclic) bond motifs is 28. The molecule has 0 saturated heterocycles. The molecule has 9 aromatic heterocycles. The van der Waals surface area contributed by atoms with Gasteiger partial charge < -0.3 is 31.6 Å². The van der Waals surface area contributed by atoms with Crippen molar-refractivity contribution in [3.8, 4) is 39.6 Å². The first-order chi connectivity index (χ1) is 51.1. The minimum absolute atomic E-state index is 1.12. The van der Waals surface area contributed by atoms with Crippen LogP contribution in [0, 0.1) is 0 Å². The van der Waals surface area contributed by atoms with E-state index >= 15 is 0 Å². The molecule has 0 radical (unpaired) electrons. The largest absolute Gasteiger partial charge is 0.309 e. The van der Waals surface area contributed by atoms with E-state index < -0.39 is 0 Å². The molecule has 0 fully saturated rings. The standard InChI is InChI=1S/C96H55N7/c1-6-23-58(24-7-1)97-79-38-19-16-33-63(79)70-47-73-66-36-22-37-67-74-48-72-65-43-41-57(46-83(65)101(62-31-14-5-15-32-62)86(72)54-89(74)102(95(66)67)88(73)52-84(70)97)56-42-44-82-69(45-56)75-50-78-91(55-87(75)99(82)60-27-10-3-11-28-60)103-90-53-85-71(64-34-17-20-39-80(64)98(85)59-25-8-2-9-26-59)49-76(90)77-51-92-93(94(78)96(77)103)68-35-18-21-40-81(68)100(92)61-29-12-4-13-30-61/h1-55H. The zero-order valence-corrected chi connectivity index (χ0v) is 55.4. The first-order valence-corrected chi connectivity index (χ1v) is 35.6. The third-order valence-electron chi connectivity index (χ3n) is 23.3. The van der Waals surface area contributed by atoms with E-state index in [1.165, 1.54) is 174 Å². The summed E-state index contributed by atoms with van der Waals surface area (Å²) in [6.45, 7) is 0. The summed E-state index contributed by atoms with van der Waals surface area (Å²) in [4.78, 5) is 0. The Balaban J connectivity index is 0.753. The summed E-state index contributed by atoms with van der Waals surface area (Å²) in [5, 5.41) is 22.4. The summed E-state index contributed by atoms with van der Waals surface area (Å²) in [5.41, 5.74) is 27.1. The van der Waals surface area contributed by atoms with Crippen LogP contribution in [0.15, 0.2) is 334 Å². The normalized spacial score (nSPS) is 12.7. The molecular formula is C96H55N7. The summed E-state index contributed by atoms with van der Waals surface area (Å²) >= 11 is 0. The van der Waals surface area contributed by atoms with Gasteiger partial charge in [0.05, 0.1) is 88.3 Å². The van der Waals surface area contributed by atoms with E-state index in [0.29, 0.717) is 0 Å². The van der Waals surface area contributed by atoms with Gasteiger partial charge in [0.15, 0.2) is 0 Å². The van der Waals surface area contributed by atoms with Crippen LogP contribution in [0.25, 0.3) is 225 Å². The first-order valence-electron chi connectivity index (χ1n) is 35.6. The highest BCUT2D eigenvalue weighted by Crippen LogP contribution is 2.52. The van der Waals surface area contributed by atoms with E-state index in [1.54, 1.807) is 0 Å². The molecule has 0 aliphatic heterocycles. The van der Waals surface area contributed by atoms with E-state index in [1.807, 2.05) is 0 Å². The number of aromatic nitrogens is 7. The van der Waals surface area contributed by atoms with Crippen molar-refractivity contribution in [1.29, 1.82) is 0 Å². The van der Waals surface area contributed by atoms with Gasteiger partial charge in [-0.2, -0.15) is 0 Å². The van der Waals surface area contributed by atoms with Crippen molar-refractivity contribution < 1.29 is 0 Å². The Morgan fingerprint density at radius 3 is 0.942 bits per heavy atom. The first kappa shape index (κ1) is 54.1. The SMILES string of the molecule is c1ccc(-n2c3ccccc3c3cc4c5cccc6c7cc8c9ccc(-c%10ccc%11c(c%10)c%10cc%12c%13c%14c%15ccccc%15n(-c%15ccccc%15)c%14cc%14c%15cc%16c%17ccccc%17n(-c%17ccccc%17)c%16cc%15n(c%12cc%10n%11-c%10ccccc%10)c%14%13)cc9n(-c9ccccc9)c8cc7n(c4cc32)c56)cc1. The fraction of sp³-hybridized carbons (Fsp3) is 0. The molecule has 474 valence electrons. The number of rotatable bonds is 6. The quantitative estimate of drug-likeness (QED) is 0.159. The third kappa shape index (κ3) is 6.93. The maximum absolute atomic E-state index is 2.62. The van der Waals surface area contributed by atoms with Gasteiger partial charge in [-0.25, -0.2) is 0 Å². The van der Waals surface area contributed by atoms with Crippen LogP contribution in [0.5, 0.6) is 0 Å². The van der Waals surface area contributed by atoms with E-state index in [9.17, 15) is 0 Å². The zero-order chi connectivity index (χ0) is 66.6. The van der Waals surface area contributed by atoms with Gasteiger partial charge in [-0.1, -0.05) is 182 Å². The Labute approximate surface area is 586 Å². The highest BCUT2D eigenvalue weighted by Gasteiger charge is 2.29. The van der Waals surface area contributed by atoms with Crippen LogP contribution >= 0.6 is 0 Å². The second-order valence-electron chi connectivity index (χ2n) is 28.3. The molecule has 25 aromatic rings. The third-order valence-corrected chi connectivity index (χ3v) is 23.3. The van der Waals surface area contributed by atoms with E-state index in [2.05, 4.69) is 365 Å². The van der Waals surface area contributed by atoms with Crippen molar-refractivity contribution >= 4 is 185 Å². The average Bonchev–Trinajstić information content (AvgIpc) is 1.51. The van der Waals surface area contributed by atoms with Gasteiger partial charge in [-0.05, 0) is 163 Å². The minimum atomic E-state index is 1.12. The van der Waals surface area contributed by atoms with Crippen LogP contribution in [0.3, 0.4) is 0 Å². The predicted octanol–water partition coefficient (Wildman–Crippen LogP) is 25.1. The zero-order valence-electron chi connectivity index (χ0n) is 55.4. The van der Waals surface area contributed by atoms with Crippen molar-refractivity contribution in [1.82, 2.24) is 31.6 Å². The Bertz CT molecular complexity index is 8000. The maximum atomic E-state index is 2.62. The lowest BCUT2D eigenvalue weighted by atomic mass is 9.99. The number of nitrogens with zero attached hydrogens (tertiary/aromatic N) is 7. The molecule has 103 heavy (non-hydrogen) atoms. The molecule has 25 rings (SSSR count). The lowest BCUT2D eigenvalue weighted by molar-refractivity contribution is 1.18. The van der Waals surface area contributed by atoms with Crippen LogP contribution in [0.4, 0.5) is 0 Å². The average molecular weight is 1310 g/mol. The fourth-order valence-electron chi connectivity index (χ4n) is 19.1. The van der Waals surface area contributed by atoms with Gasteiger partial charge in [0.25, 0.3) is 0 Å². The smallest absolute Gasteiger partial charge is 0.0628 e. The molecule has 0 aliphatic rings. The number of hydrogen-bond acceptors (Lipinski definition) is 0. The molecule has 0 N–H and O–H groups in total. The molecule has 0 atom stereocenters. The molecule has 0 amide bonds. The minimum Gasteiger partial charge on any atom is -0.309 e. The van der Waals surface area contributed by atoms with Crippen LogP contribution in [0.1, 0.15) is 0 Å². The van der Waals surface area contributed by atoms with Gasteiger partial charge in [0.1, 0.15) is 0 Å². The second kappa shape index (κ2) is 19.5. The monoisotopic (exact) mass is 1310 g/mol. The van der Waals surface area contributed by atoms with Crippen molar-refractivity contribution in [2.24, 2.45) is 0 Å². The highest BCUT2D eigenvalue weighted by molar-refractivity contribution is 6.38. The molecule has 16 aromatic carbocycles.